The van der Waals surface area contributed by atoms with Crippen LogP contribution in [-0.4, -0.2) is 66.9 Å². The number of urea groups is 1. The number of carbonyl (C=O) groups is 2. The fourth-order valence-electron chi connectivity index (χ4n) is 5.00. The van der Waals surface area contributed by atoms with Crippen molar-refractivity contribution in [3.8, 4) is 0 Å². The summed E-state index contributed by atoms with van der Waals surface area (Å²) in [5.41, 5.74) is 1.78. The van der Waals surface area contributed by atoms with Gasteiger partial charge in [-0.05, 0) is 80.2 Å². The van der Waals surface area contributed by atoms with E-state index in [1.54, 1.807) is 7.05 Å². The van der Waals surface area contributed by atoms with Crippen LogP contribution in [0.1, 0.15) is 42.3 Å². The second kappa shape index (κ2) is 11.2. The molecule has 192 valence electrons. The number of piperidine rings is 1. The fourth-order valence-corrected chi connectivity index (χ4v) is 5.00. The molecule has 3 amide bonds. The average Bonchev–Trinajstić information content (AvgIpc) is 2.87. The van der Waals surface area contributed by atoms with Gasteiger partial charge in [0.15, 0.2) is 11.6 Å². The van der Waals surface area contributed by atoms with Gasteiger partial charge in [0.05, 0.1) is 11.6 Å². The molecule has 0 bridgehead atoms. The molecule has 1 saturated heterocycles. The molecule has 2 aromatic carbocycles. The molecule has 2 aliphatic heterocycles. The van der Waals surface area contributed by atoms with E-state index < -0.39 is 17.7 Å². The van der Waals surface area contributed by atoms with Gasteiger partial charge in [-0.25, -0.2) is 18.0 Å². The molecule has 4 rings (SSSR count). The maximum Gasteiger partial charge on any atom is 0.324 e. The van der Waals surface area contributed by atoms with Crippen molar-refractivity contribution in [2.24, 2.45) is 0 Å². The van der Waals surface area contributed by atoms with Gasteiger partial charge < -0.3 is 20.0 Å². The van der Waals surface area contributed by atoms with Crippen LogP contribution in [0.4, 0.5) is 18.0 Å². The quantitative estimate of drug-likeness (QED) is 0.573. The van der Waals surface area contributed by atoms with Crippen LogP contribution in [0.15, 0.2) is 54.2 Å². The SMILES string of the molecule is CN1C=C(C(=O)NCCCN2CCC(c3ccc(F)cc3)CC2)C(c2ccc(F)c(F)c2)N(C)C1=O. The standard InChI is InChI=1S/C27H31F3N4O2/c1-32-17-22(25(33(2)27(32)36)20-6-9-23(29)24(30)16-20)26(35)31-12-3-13-34-14-10-19(11-15-34)18-4-7-21(28)8-5-18/h4-9,16-17,19,25H,3,10-15H2,1-2H3,(H,31,35). The van der Waals surface area contributed by atoms with Gasteiger partial charge >= 0.3 is 6.03 Å². The molecule has 0 radical (unpaired) electrons. The first-order valence-corrected chi connectivity index (χ1v) is 12.2. The topological polar surface area (TPSA) is 55.9 Å². The van der Waals surface area contributed by atoms with Crippen LogP contribution >= 0.6 is 0 Å². The zero-order valence-electron chi connectivity index (χ0n) is 20.5. The number of benzene rings is 2. The number of halogens is 3. The summed E-state index contributed by atoms with van der Waals surface area (Å²) in [4.78, 5) is 30.5. The highest BCUT2D eigenvalue weighted by Crippen LogP contribution is 2.33. The molecule has 2 aliphatic rings. The Morgan fingerprint density at radius 2 is 1.64 bits per heavy atom. The van der Waals surface area contributed by atoms with E-state index in [4.69, 9.17) is 0 Å². The maximum absolute atomic E-state index is 13.9. The largest absolute Gasteiger partial charge is 0.352 e. The Morgan fingerprint density at radius 1 is 0.972 bits per heavy atom. The van der Waals surface area contributed by atoms with E-state index in [-0.39, 0.29) is 23.3 Å². The van der Waals surface area contributed by atoms with Crippen LogP contribution in [0, 0.1) is 17.5 Å². The summed E-state index contributed by atoms with van der Waals surface area (Å²) in [6, 6.07) is 8.96. The summed E-state index contributed by atoms with van der Waals surface area (Å²) in [6.07, 6.45) is 4.21. The monoisotopic (exact) mass is 500 g/mol. The van der Waals surface area contributed by atoms with E-state index >= 15 is 0 Å². The number of rotatable bonds is 7. The molecule has 36 heavy (non-hydrogen) atoms. The van der Waals surface area contributed by atoms with Crippen molar-refractivity contribution in [1.29, 1.82) is 0 Å². The summed E-state index contributed by atoms with van der Waals surface area (Å²) < 4.78 is 40.5. The van der Waals surface area contributed by atoms with Gasteiger partial charge in [0.1, 0.15) is 5.82 Å². The van der Waals surface area contributed by atoms with Crippen molar-refractivity contribution < 1.29 is 22.8 Å². The third-order valence-electron chi connectivity index (χ3n) is 7.01. The number of nitrogens with zero attached hydrogens (tertiary/aromatic N) is 3. The van der Waals surface area contributed by atoms with Crippen LogP contribution in [0.3, 0.4) is 0 Å². The van der Waals surface area contributed by atoms with Crippen molar-refractivity contribution in [3.63, 3.8) is 0 Å². The Bertz CT molecular complexity index is 1130. The number of likely N-dealkylation sites (N-methyl/N-ethyl adjacent to an activating group) is 1. The van der Waals surface area contributed by atoms with Crippen molar-refractivity contribution in [2.75, 3.05) is 40.3 Å². The zero-order chi connectivity index (χ0) is 25.8. The Labute approximate surface area is 209 Å². The molecule has 0 aromatic heterocycles. The molecule has 2 aromatic rings. The third kappa shape index (κ3) is 5.73. The van der Waals surface area contributed by atoms with Crippen molar-refractivity contribution >= 4 is 11.9 Å². The Hall–Kier alpha value is -3.33. The van der Waals surface area contributed by atoms with Gasteiger partial charge in [-0.3, -0.25) is 4.79 Å². The van der Waals surface area contributed by atoms with E-state index in [0.717, 1.165) is 51.0 Å². The van der Waals surface area contributed by atoms with Crippen LogP contribution in [0.2, 0.25) is 0 Å². The normalized spacial score (nSPS) is 19.4. The second-order valence-corrected chi connectivity index (χ2v) is 9.44. The van der Waals surface area contributed by atoms with Gasteiger partial charge in [0, 0.05) is 26.8 Å². The summed E-state index contributed by atoms with van der Waals surface area (Å²) in [5.74, 6) is -2.16. The highest BCUT2D eigenvalue weighted by Gasteiger charge is 2.35. The minimum atomic E-state index is -1.03. The lowest BCUT2D eigenvalue weighted by atomic mass is 9.89. The molecule has 1 atom stereocenters. The van der Waals surface area contributed by atoms with Gasteiger partial charge in [-0.15, -0.1) is 0 Å². The molecule has 1 fully saturated rings. The van der Waals surface area contributed by atoms with Gasteiger partial charge in [-0.2, -0.15) is 0 Å². The lowest BCUT2D eigenvalue weighted by molar-refractivity contribution is -0.118. The zero-order valence-corrected chi connectivity index (χ0v) is 20.5. The van der Waals surface area contributed by atoms with Crippen molar-refractivity contribution in [1.82, 2.24) is 20.0 Å². The van der Waals surface area contributed by atoms with E-state index in [1.807, 2.05) is 12.1 Å². The fraction of sp³-hybridized carbons (Fsp3) is 0.407. The molecular formula is C27H31F3N4O2. The molecule has 1 unspecified atom stereocenters. The smallest absolute Gasteiger partial charge is 0.324 e. The van der Waals surface area contributed by atoms with E-state index in [1.165, 1.54) is 46.8 Å². The van der Waals surface area contributed by atoms with Crippen LogP contribution in [0.25, 0.3) is 0 Å². The lowest BCUT2D eigenvalue weighted by Crippen LogP contribution is -2.46. The second-order valence-electron chi connectivity index (χ2n) is 9.44. The molecular weight excluding hydrogens is 469 g/mol. The first-order valence-electron chi connectivity index (χ1n) is 12.2. The number of amides is 3. The molecule has 0 aliphatic carbocycles. The number of hydrogen-bond acceptors (Lipinski definition) is 3. The number of carbonyl (C=O) groups excluding carboxylic acids is 2. The third-order valence-corrected chi connectivity index (χ3v) is 7.01. The molecule has 6 nitrogen and oxygen atoms in total. The number of likely N-dealkylation sites (tertiary alicyclic amines) is 1. The summed E-state index contributed by atoms with van der Waals surface area (Å²) >= 11 is 0. The number of hydrogen-bond donors (Lipinski definition) is 1. The van der Waals surface area contributed by atoms with Gasteiger partial charge in [-0.1, -0.05) is 18.2 Å². The highest BCUT2D eigenvalue weighted by atomic mass is 19.2. The Balaban J connectivity index is 1.30. The van der Waals surface area contributed by atoms with Crippen molar-refractivity contribution in [2.45, 2.75) is 31.2 Å². The Kier molecular flexibility index (Phi) is 7.98. The summed E-state index contributed by atoms with van der Waals surface area (Å²) in [6.45, 7) is 3.16. The average molecular weight is 501 g/mol. The minimum absolute atomic E-state index is 0.219. The first-order chi connectivity index (χ1) is 17.2. The van der Waals surface area contributed by atoms with Gasteiger partial charge in [0.25, 0.3) is 5.91 Å². The molecule has 2 heterocycles. The highest BCUT2D eigenvalue weighted by molar-refractivity contribution is 5.97. The molecule has 9 heteroatoms. The van der Waals surface area contributed by atoms with Crippen molar-refractivity contribution in [3.05, 3.63) is 82.8 Å². The predicted molar refractivity (Wildman–Crippen MR) is 131 cm³/mol. The minimum Gasteiger partial charge on any atom is -0.352 e. The molecule has 1 N–H and O–H groups in total. The first kappa shape index (κ1) is 25.8. The summed E-state index contributed by atoms with van der Waals surface area (Å²) in [5, 5.41) is 2.91. The summed E-state index contributed by atoms with van der Waals surface area (Å²) in [7, 11) is 3.07. The lowest BCUT2D eigenvalue weighted by Gasteiger charge is -2.37. The van der Waals surface area contributed by atoms with E-state index in [9.17, 15) is 22.8 Å². The van der Waals surface area contributed by atoms with E-state index in [0.29, 0.717) is 18.0 Å². The molecule has 0 saturated carbocycles. The number of nitrogens with one attached hydrogen (secondary N) is 1. The molecule has 0 spiro atoms. The van der Waals surface area contributed by atoms with E-state index in [2.05, 4.69) is 10.2 Å². The van der Waals surface area contributed by atoms with Gasteiger partial charge in [0.2, 0.25) is 0 Å². The Morgan fingerprint density at radius 3 is 2.31 bits per heavy atom. The van der Waals surface area contributed by atoms with Crippen LogP contribution in [0.5, 0.6) is 0 Å². The van der Waals surface area contributed by atoms with Crippen LogP contribution < -0.4 is 5.32 Å². The predicted octanol–water partition coefficient (Wildman–Crippen LogP) is 4.41. The van der Waals surface area contributed by atoms with Crippen LogP contribution in [-0.2, 0) is 4.79 Å². The maximum atomic E-state index is 13.9.